The van der Waals surface area contributed by atoms with Crippen LogP contribution in [0, 0.1) is 17.1 Å². The van der Waals surface area contributed by atoms with Crippen LogP contribution in [-0.4, -0.2) is 12.5 Å². The van der Waals surface area contributed by atoms with Gasteiger partial charge in [-0.2, -0.15) is 5.26 Å². The van der Waals surface area contributed by atoms with E-state index in [0.29, 0.717) is 0 Å². The van der Waals surface area contributed by atoms with Gasteiger partial charge in [0.25, 0.3) is 5.91 Å². The van der Waals surface area contributed by atoms with Crippen LogP contribution in [0.4, 0.5) is 10.1 Å². The van der Waals surface area contributed by atoms with Gasteiger partial charge in [-0.15, -0.1) is 0 Å². The van der Waals surface area contributed by atoms with Crippen molar-refractivity contribution in [1.29, 1.82) is 5.26 Å². The number of nitriles is 1. The van der Waals surface area contributed by atoms with Crippen LogP contribution in [0.2, 0.25) is 0 Å². The largest absolute Gasteiger partial charge is 0.398 e. The summed E-state index contributed by atoms with van der Waals surface area (Å²) >= 11 is 0. The molecule has 0 unspecified atom stereocenters. The molecule has 3 N–H and O–H groups in total. The van der Waals surface area contributed by atoms with Gasteiger partial charge in [-0.1, -0.05) is 0 Å². The zero-order valence-corrected chi connectivity index (χ0v) is 7.96. The first-order valence-electron chi connectivity index (χ1n) is 4.35. The van der Waals surface area contributed by atoms with E-state index in [1.807, 2.05) is 6.07 Å². The molecule has 1 amide bonds. The van der Waals surface area contributed by atoms with Crippen molar-refractivity contribution in [3.8, 4) is 6.07 Å². The molecule has 4 nitrogen and oxygen atoms in total. The molecule has 0 bridgehead atoms. The van der Waals surface area contributed by atoms with Crippen LogP contribution in [-0.2, 0) is 0 Å². The molecule has 0 heterocycles. The van der Waals surface area contributed by atoms with Gasteiger partial charge in [0.05, 0.1) is 18.1 Å². The predicted molar refractivity (Wildman–Crippen MR) is 53.4 cm³/mol. The zero-order chi connectivity index (χ0) is 11.3. The third-order valence-electron chi connectivity index (χ3n) is 1.78. The molecule has 0 saturated carbocycles. The van der Waals surface area contributed by atoms with Gasteiger partial charge in [-0.25, -0.2) is 4.39 Å². The number of nitrogens with zero attached hydrogens (tertiary/aromatic N) is 1. The van der Waals surface area contributed by atoms with Crippen LogP contribution < -0.4 is 11.1 Å². The van der Waals surface area contributed by atoms with Crippen molar-refractivity contribution < 1.29 is 9.18 Å². The second-order valence-electron chi connectivity index (χ2n) is 2.90. The number of benzene rings is 1. The van der Waals surface area contributed by atoms with Crippen LogP contribution in [0.3, 0.4) is 0 Å². The lowest BCUT2D eigenvalue weighted by molar-refractivity contribution is 0.0955. The van der Waals surface area contributed by atoms with E-state index in [1.54, 1.807) is 0 Å². The summed E-state index contributed by atoms with van der Waals surface area (Å²) in [6.07, 6.45) is 0.229. The van der Waals surface area contributed by atoms with E-state index in [1.165, 1.54) is 6.07 Å². The van der Waals surface area contributed by atoms with E-state index >= 15 is 0 Å². The van der Waals surface area contributed by atoms with Crippen molar-refractivity contribution >= 4 is 11.6 Å². The Hall–Kier alpha value is -2.09. The second kappa shape index (κ2) is 4.96. The van der Waals surface area contributed by atoms with Crippen LogP contribution in [0.25, 0.3) is 0 Å². The fraction of sp³-hybridized carbons (Fsp3) is 0.200. The number of nitrogen functional groups attached to an aromatic ring is 1. The summed E-state index contributed by atoms with van der Waals surface area (Å²) in [4.78, 5) is 11.4. The van der Waals surface area contributed by atoms with Gasteiger partial charge >= 0.3 is 0 Å². The van der Waals surface area contributed by atoms with Crippen molar-refractivity contribution in [3.63, 3.8) is 0 Å². The molecule has 0 aromatic heterocycles. The Bertz CT molecular complexity index is 412. The van der Waals surface area contributed by atoms with E-state index in [0.717, 1.165) is 12.1 Å². The molecular weight excluding hydrogens is 197 g/mol. The molecule has 0 spiro atoms. The smallest absolute Gasteiger partial charge is 0.253 e. The number of rotatable bonds is 3. The van der Waals surface area contributed by atoms with Crippen LogP contribution in [0.15, 0.2) is 18.2 Å². The predicted octanol–water partition coefficient (Wildman–Crippen LogP) is 1.05. The summed E-state index contributed by atoms with van der Waals surface area (Å²) in [7, 11) is 0. The highest BCUT2D eigenvalue weighted by Crippen LogP contribution is 2.12. The first kappa shape index (κ1) is 11.0. The molecule has 15 heavy (non-hydrogen) atoms. The van der Waals surface area contributed by atoms with Crippen molar-refractivity contribution in [3.05, 3.63) is 29.6 Å². The lowest BCUT2D eigenvalue weighted by Gasteiger charge is -2.05. The number of nitrogens with one attached hydrogen (secondary N) is 1. The molecule has 0 aliphatic heterocycles. The van der Waals surface area contributed by atoms with Crippen molar-refractivity contribution in [1.82, 2.24) is 5.32 Å². The monoisotopic (exact) mass is 207 g/mol. The van der Waals surface area contributed by atoms with E-state index in [-0.39, 0.29) is 24.2 Å². The summed E-state index contributed by atoms with van der Waals surface area (Å²) < 4.78 is 12.7. The van der Waals surface area contributed by atoms with Gasteiger partial charge in [-0.3, -0.25) is 4.79 Å². The Morgan fingerprint density at radius 2 is 2.33 bits per heavy atom. The Kier molecular flexibility index (Phi) is 3.63. The number of carbonyl (C=O) groups is 1. The topological polar surface area (TPSA) is 78.9 Å². The fourth-order valence-electron chi connectivity index (χ4n) is 1.07. The Morgan fingerprint density at radius 3 is 2.93 bits per heavy atom. The first-order valence-corrected chi connectivity index (χ1v) is 4.35. The Balaban J connectivity index is 2.70. The Morgan fingerprint density at radius 1 is 1.60 bits per heavy atom. The van der Waals surface area contributed by atoms with Gasteiger partial charge in [-0.05, 0) is 18.2 Å². The number of hydrogen-bond acceptors (Lipinski definition) is 3. The molecule has 1 rings (SSSR count). The highest BCUT2D eigenvalue weighted by Gasteiger charge is 2.09. The van der Waals surface area contributed by atoms with Crippen molar-refractivity contribution in [2.45, 2.75) is 6.42 Å². The number of carbonyl (C=O) groups excluding carboxylic acids is 1. The fourth-order valence-corrected chi connectivity index (χ4v) is 1.07. The summed E-state index contributed by atoms with van der Waals surface area (Å²) in [6, 6.07) is 5.45. The quantitative estimate of drug-likeness (QED) is 0.574. The van der Waals surface area contributed by atoms with Crippen molar-refractivity contribution in [2.75, 3.05) is 12.3 Å². The Labute approximate surface area is 86.5 Å². The maximum Gasteiger partial charge on any atom is 0.253 e. The SMILES string of the molecule is N#CCCNC(=O)c1ccc(F)cc1N. The van der Waals surface area contributed by atoms with Crippen molar-refractivity contribution in [2.24, 2.45) is 0 Å². The molecule has 0 saturated heterocycles. The molecule has 0 fully saturated rings. The minimum absolute atomic E-state index is 0.0875. The molecule has 5 heteroatoms. The highest BCUT2D eigenvalue weighted by atomic mass is 19.1. The van der Waals surface area contributed by atoms with Gasteiger partial charge in [0.1, 0.15) is 5.82 Å². The minimum Gasteiger partial charge on any atom is -0.398 e. The molecule has 0 atom stereocenters. The third-order valence-corrected chi connectivity index (χ3v) is 1.78. The average Bonchev–Trinajstić information content (AvgIpc) is 2.17. The molecular formula is C10H10FN3O. The second-order valence-corrected chi connectivity index (χ2v) is 2.90. The summed E-state index contributed by atoms with van der Waals surface area (Å²) in [6.45, 7) is 0.256. The number of amides is 1. The molecule has 78 valence electrons. The van der Waals surface area contributed by atoms with Gasteiger partial charge in [0.15, 0.2) is 0 Å². The summed E-state index contributed by atoms with van der Waals surface area (Å²) in [5.41, 5.74) is 5.77. The number of nitrogens with two attached hydrogens (primary N) is 1. The van der Waals surface area contributed by atoms with Crippen LogP contribution in [0.5, 0.6) is 0 Å². The number of anilines is 1. The lowest BCUT2D eigenvalue weighted by atomic mass is 10.1. The molecule has 1 aromatic carbocycles. The van der Waals surface area contributed by atoms with E-state index in [9.17, 15) is 9.18 Å². The maximum atomic E-state index is 12.7. The highest BCUT2D eigenvalue weighted by molar-refractivity contribution is 5.99. The third kappa shape index (κ3) is 2.95. The maximum absolute atomic E-state index is 12.7. The zero-order valence-electron chi connectivity index (χ0n) is 7.96. The van der Waals surface area contributed by atoms with E-state index < -0.39 is 11.7 Å². The van der Waals surface area contributed by atoms with Crippen LogP contribution >= 0.6 is 0 Å². The summed E-state index contributed by atoms with van der Waals surface area (Å²) in [5, 5.41) is 10.8. The molecule has 0 radical (unpaired) electrons. The summed E-state index contributed by atoms with van der Waals surface area (Å²) in [5.74, 6) is -0.885. The first-order chi connectivity index (χ1) is 7.15. The molecule has 1 aromatic rings. The standard InChI is InChI=1S/C10H10FN3O/c11-7-2-3-8(9(13)6-7)10(15)14-5-1-4-12/h2-3,6H,1,5,13H2,(H,14,15). The van der Waals surface area contributed by atoms with Gasteiger partial charge in [0, 0.05) is 12.2 Å². The number of hydrogen-bond donors (Lipinski definition) is 2. The molecule has 0 aliphatic rings. The lowest BCUT2D eigenvalue weighted by Crippen LogP contribution is -2.25. The van der Waals surface area contributed by atoms with Gasteiger partial charge < -0.3 is 11.1 Å². The average molecular weight is 207 g/mol. The molecule has 0 aliphatic carbocycles. The van der Waals surface area contributed by atoms with E-state index in [4.69, 9.17) is 11.0 Å². The minimum atomic E-state index is -0.485. The van der Waals surface area contributed by atoms with Gasteiger partial charge in [0.2, 0.25) is 0 Å². The number of halogens is 1. The van der Waals surface area contributed by atoms with Crippen LogP contribution in [0.1, 0.15) is 16.8 Å². The normalized spacial score (nSPS) is 9.33. The van der Waals surface area contributed by atoms with E-state index in [2.05, 4.69) is 5.32 Å².